The summed E-state index contributed by atoms with van der Waals surface area (Å²) in [4.78, 5) is 9.21. The molecule has 0 fully saturated rings. The highest BCUT2D eigenvalue weighted by molar-refractivity contribution is 5.75. The summed E-state index contributed by atoms with van der Waals surface area (Å²) >= 11 is 0. The van der Waals surface area contributed by atoms with E-state index >= 15 is 0 Å². The van der Waals surface area contributed by atoms with Gasteiger partial charge in [0.1, 0.15) is 0 Å². The van der Waals surface area contributed by atoms with Crippen molar-refractivity contribution in [3.63, 3.8) is 0 Å². The van der Waals surface area contributed by atoms with Crippen LogP contribution >= 0.6 is 0 Å². The monoisotopic (exact) mass is 351 g/mol. The third-order valence-corrected chi connectivity index (χ3v) is 4.69. The lowest BCUT2D eigenvalue weighted by Crippen LogP contribution is -2.22. The van der Waals surface area contributed by atoms with Gasteiger partial charge in [-0.15, -0.1) is 0 Å². The number of anilines is 1. The van der Waals surface area contributed by atoms with E-state index in [2.05, 4.69) is 85.1 Å². The second-order valence-electron chi connectivity index (χ2n) is 7.30. The molecule has 5 nitrogen and oxygen atoms in total. The third kappa shape index (κ3) is 4.05. The molecule has 0 N–H and O–H groups in total. The molecule has 0 unspecified atom stereocenters. The number of hydrogen-bond acceptors (Lipinski definition) is 4. The average Bonchev–Trinajstić information content (AvgIpc) is 3.05. The van der Waals surface area contributed by atoms with Crippen molar-refractivity contribution < 1.29 is 0 Å². The Hall–Kier alpha value is -2.40. The summed E-state index contributed by atoms with van der Waals surface area (Å²) in [6, 6.07) is 11.3. The van der Waals surface area contributed by atoms with Crippen LogP contribution in [-0.4, -0.2) is 40.3 Å². The summed E-state index contributed by atoms with van der Waals surface area (Å²) in [6.07, 6.45) is 3.91. The van der Waals surface area contributed by atoms with Crippen molar-refractivity contribution in [1.82, 2.24) is 19.7 Å². The predicted octanol–water partition coefficient (Wildman–Crippen LogP) is 4.10. The van der Waals surface area contributed by atoms with Gasteiger partial charge in [-0.2, -0.15) is 5.10 Å². The quantitative estimate of drug-likeness (QED) is 0.642. The van der Waals surface area contributed by atoms with Crippen molar-refractivity contribution >= 4 is 16.7 Å². The molecule has 2 aromatic heterocycles. The molecule has 1 aromatic carbocycles. The van der Waals surface area contributed by atoms with Crippen LogP contribution < -0.4 is 4.90 Å². The molecule has 3 aromatic rings. The molecular weight excluding hydrogens is 322 g/mol. The molecule has 0 spiro atoms. The van der Waals surface area contributed by atoms with E-state index in [0.29, 0.717) is 6.04 Å². The molecule has 5 heteroatoms. The number of benzene rings is 1. The van der Waals surface area contributed by atoms with Crippen LogP contribution in [0.1, 0.15) is 37.9 Å². The molecule has 0 aliphatic rings. The van der Waals surface area contributed by atoms with E-state index in [1.165, 1.54) is 16.8 Å². The highest BCUT2D eigenvalue weighted by Gasteiger charge is 2.10. The van der Waals surface area contributed by atoms with Crippen molar-refractivity contribution in [2.75, 3.05) is 25.5 Å². The summed E-state index contributed by atoms with van der Waals surface area (Å²) in [5.74, 6) is 0. The van der Waals surface area contributed by atoms with Gasteiger partial charge >= 0.3 is 0 Å². The number of rotatable bonds is 7. The zero-order chi connectivity index (χ0) is 18.7. The van der Waals surface area contributed by atoms with E-state index in [1.54, 1.807) is 0 Å². The van der Waals surface area contributed by atoms with Gasteiger partial charge in [0.25, 0.3) is 0 Å². The molecule has 0 bridgehead atoms. The second-order valence-corrected chi connectivity index (χ2v) is 7.30. The zero-order valence-electron chi connectivity index (χ0n) is 16.5. The highest BCUT2D eigenvalue weighted by atomic mass is 15.3. The normalized spacial score (nSPS) is 11.7. The number of aromatic nitrogens is 3. The number of hydrogen-bond donors (Lipinski definition) is 0. The van der Waals surface area contributed by atoms with Gasteiger partial charge in [0.05, 0.1) is 6.20 Å². The minimum absolute atomic E-state index is 0.322. The van der Waals surface area contributed by atoms with Gasteiger partial charge in [-0.05, 0) is 49.7 Å². The first-order chi connectivity index (χ1) is 12.5. The molecule has 2 heterocycles. The third-order valence-electron chi connectivity index (χ3n) is 4.69. The van der Waals surface area contributed by atoms with E-state index in [4.69, 9.17) is 0 Å². The van der Waals surface area contributed by atoms with Gasteiger partial charge in [0.15, 0.2) is 5.65 Å². The van der Waals surface area contributed by atoms with Gasteiger partial charge in [0.2, 0.25) is 0 Å². The van der Waals surface area contributed by atoms with Crippen LogP contribution in [0.25, 0.3) is 11.0 Å². The Bertz CT molecular complexity index is 848. The summed E-state index contributed by atoms with van der Waals surface area (Å²) in [5, 5.41) is 5.58. The summed E-state index contributed by atoms with van der Waals surface area (Å²) in [6.45, 7) is 9.29. The summed E-state index contributed by atoms with van der Waals surface area (Å²) < 4.78 is 1.98. The minimum Gasteiger partial charge on any atom is -0.378 e. The highest BCUT2D eigenvalue weighted by Crippen LogP contribution is 2.19. The lowest BCUT2D eigenvalue weighted by molar-refractivity contribution is 0.271. The molecule has 0 saturated carbocycles. The lowest BCUT2D eigenvalue weighted by Gasteiger charge is -2.21. The SMILES string of the molecule is CCN(Cc1ccc(N(C)C)cc1)Cc1cnc2c(cnn2C(C)C)c1. The molecule has 26 heavy (non-hydrogen) atoms. The van der Waals surface area contributed by atoms with Gasteiger partial charge < -0.3 is 4.90 Å². The molecular formula is C21H29N5. The Morgan fingerprint density at radius 3 is 2.31 bits per heavy atom. The lowest BCUT2D eigenvalue weighted by atomic mass is 10.1. The van der Waals surface area contributed by atoms with Crippen molar-refractivity contribution in [1.29, 1.82) is 0 Å². The second kappa shape index (κ2) is 7.87. The van der Waals surface area contributed by atoms with Crippen molar-refractivity contribution in [3.05, 3.63) is 53.9 Å². The molecule has 0 amide bonds. The van der Waals surface area contributed by atoms with Gasteiger partial charge in [-0.25, -0.2) is 9.67 Å². The Morgan fingerprint density at radius 2 is 1.69 bits per heavy atom. The molecule has 138 valence electrons. The van der Waals surface area contributed by atoms with Crippen LogP contribution in [-0.2, 0) is 13.1 Å². The number of nitrogens with zero attached hydrogens (tertiary/aromatic N) is 5. The summed E-state index contributed by atoms with van der Waals surface area (Å²) in [7, 11) is 4.13. The smallest absolute Gasteiger partial charge is 0.157 e. The largest absolute Gasteiger partial charge is 0.378 e. The van der Waals surface area contributed by atoms with Crippen LogP contribution in [0.2, 0.25) is 0 Å². The topological polar surface area (TPSA) is 37.2 Å². The predicted molar refractivity (Wildman–Crippen MR) is 108 cm³/mol. The first kappa shape index (κ1) is 18.4. The molecule has 3 rings (SSSR count). The van der Waals surface area contributed by atoms with E-state index in [0.717, 1.165) is 30.7 Å². The first-order valence-electron chi connectivity index (χ1n) is 9.28. The molecule has 0 aliphatic heterocycles. The minimum atomic E-state index is 0.322. The fraction of sp³-hybridized carbons (Fsp3) is 0.429. The Balaban J connectivity index is 1.72. The van der Waals surface area contributed by atoms with Gasteiger partial charge in [-0.3, -0.25) is 4.90 Å². The maximum absolute atomic E-state index is 4.66. The maximum Gasteiger partial charge on any atom is 0.157 e. The average molecular weight is 351 g/mol. The van der Waals surface area contributed by atoms with Crippen LogP contribution in [0.4, 0.5) is 5.69 Å². The Morgan fingerprint density at radius 1 is 1.00 bits per heavy atom. The molecule has 0 atom stereocenters. The zero-order valence-corrected chi connectivity index (χ0v) is 16.5. The van der Waals surface area contributed by atoms with Gasteiger partial charge in [0, 0.05) is 50.5 Å². The van der Waals surface area contributed by atoms with Crippen LogP contribution in [0.5, 0.6) is 0 Å². The first-order valence-corrected chi connectivity index (χ1v) is 9.28. The van der Waals surface area contributed by atoms with Crippen molar-refractivity contribution in [2.45, 2.75) is 39.9 Å². The maximum atomic E-state index is 4.66. The molecule has 0 saturated heterocycles. The van der Waals surface area contributed by atoms with Crippen LogP contribution in [0.3, 0.4) is 0 Å². The summed E-state index contributed by atoms with van der Waals surface area (Å²) in [5.41, 5.74) is 4.76. The Kier molecular flexibility index (Phi) is 5.57. The van der Waals surface area contributed by atoms with Crippen molar-refractivity contribution in [3.8, 4) is 0 Å². The van der Waals surface area contributed by atoms with Gasteiger partial charge in [-0.1, -0.05) is 19.1 Å². The van der Waals surface area contributed by atoms with E-state index in [9.17, 15) is 0 Å². The molecule has 0 radical (unpaired) electrons. The molecule has 0 aliphatic carbocycles. The van der Waals surface area contributed by atoms with Crippen molar-refractivity contribution in [2.24, 2.45) is 0 Å². The van der Waals surface area contributed by atoms with E-state index in [1.807, 2.05) is 17.1 Å². The number of fused-ring (bicyclic) bond motifs is 1. The fourth-order valence-corrected chi connectivity index (χ4v) is 3.15. The standard InChI is InChI=1S/C21H29N5/c1-6-25(14-17-7-9-20(10-8-17)24(4)5)15-18-11-19-13-23-26(16(2)3)21(19)22-12-18/h7-13,16H,6,14-15H2,1-5H3. The van der Waals surface area contributed by atoms with Crippen LogP contribution in [0.15, 0.2) is 42.7 Å². The fourth-order valence-electron chi connectivity index (χ4n) is 3.15. The van der Waals surface area contributed by atoms with E-state index in [-0.39, 0.29) is 0 Å². The number of pyridine rings is 1. The van der Waals surface area contributed by atoms with E-state index < -0.39 is 0 Å². The van der Waals surface area contributed by atoms with Crippen LogP contribution in [0, 0.1) is 0 Å². The Labute approximate surface area is 156 Å².